The molecular formula is C10H12F4. The van der Waals surface area contributed by atoms with Gasteiger partial charge in [0.25, 0.3) is 0 Å². The Labute approximate surface area is 80.6 Å². The molecule has 0 amide bonds. The molecule has 0 nitrogen and oxygen atoms in total. The van der Waals surface area contributed by atoms with Gasteiger partial charge in [-0.05, 0) is 25.0 Å². The molecule has 14 heavy (non-hydrogen) atoms. The first kappa shape index (κ1) is 12.9. The number of halogens is 4. The lowest BCUT2D eigenvalue weighted by Crippen LogP contribution is -2.02. The normalized spacial score (nSPS) is 9.43. The number of hydrogen-bond acceptors (Lipinski definition) is 0. The molecule has 0 bridgehead atoms. The van der Waals surface area contributed by atoms with E-state index in [-0.39, 0.29) is 11.1 Å². The molecule has 80 valence electrons. The molecule has 0 N–H and O–H groups in total. The summed E-state index contributed by atoms with van der Waals surface area (Å²) in [5, 5.41) is 0. The van der Waals surface area contributed by atoms with Crippen molar-refractivity contribution >= 4 is 0 Å². The Balaban J connectivity index is 0.000000791. The summed E-state index contributed by atoms with van der Waals surface area (Å²) in [6.45, 7) is 6.38. The molecule has 0 aromatic heterocycles. The maximum Gasteiger partial charge on any atom is 0.197 e. The molecule has 0 saturated heterocycles. The highest BCUT2D eigenvalue weighted by atomic mass is 19.2. The molecule has 0 spiro atoms. The Bertz CT molecular complexity index is 226. The quantitative estimate of drug-likeness (QED) is 0.344. The minimum Gasteiger partial charge on any atom is -0.203 e. The van der Waals surface area contributed by atoms with Crippen LogP contribution in [0, 0.1) is 37.1 Å². The average Bonchev–Trinajstić information content (AvgIpc) is 2.24. The zero-order valence-electron chi connectivity index (χ0n) is 8.51. The fraction of sp³-hybridized carbons (Fsp3) is 0.400. The largest absolute Gasteiger partial charge is 0.203 e. The molecule has 0 heterocycles. The Morgan fingerprint density at radius 3 is 1.00 bits per heavy atom. The van der Waals surface area contributed by atoms with Crippen molar-refractivity contribution < 1.29 is 17.6 Å². The van der Waals surface area contributed by atoms with E-state index in [4.69, 9.17) is 0 Å². The van der Waals surface area contributed by atoms with E-state index in [0.29, 0.717) is 0 Å². The summed E-state index contributed by atoms with van der Waals surface area (Å²) in [6.07, 6.45) is 0. The highest BCUT2D eigenvalue weighted by Crippen LogP contribution is 2.22. The third kappa shape index (κ3) is 2.05. The van der Waals surface area contributed by atoms with Crippen molar-refractivity contribution in [2.45, 2.75) is 27.7 Å². The van der Waals surface area contributed by atoms with Crippen LogP contribution >= 0.6 is 0 Å². The fourth-order valence-corrected chi connectivity index (χ4v) is 0.851. The summed E-state index contributed by atoms with van der Waals surface area (Å²) in [4.78, 5) is 0. The van der Waals surface area contributed by atoms with Gasteiger partial charge in [-0.15, -0.1) is 0 Å². The zero-order valence-corrected chi connectivity index (χ0v) is 8.51. The van der Waals surface area contributed by atoms with Crippen LogP contribution < -0.4 is 0 Å². The van der Waals surface area contributed by atoms with E-state index in [0.717, 1.165) is 0 Å². The zero-order chi connectivity index (χ0) is 11.5. The van der Waals surface area contributed by atoms with E-state index >= 15 is 0 Å². The molecule has 0 atom stereocenters. The molecule has 0 unspecified atom stereocenters. The van der Waals surface area contributed by atoms with Gasteiger partial charge in [-0.3, -0.25) is 0 Å². The fourth-order valence-electron chi connectivity index (χ4n) is 0.851. The summed E-state index contributed by atoms with van der Waals surface area (Å²) >= 11 is 0. The minimum absolute atomic E-state index is 0.202. The van der Waals surface area contributed by atoms with Crippen molar-refractivity contribution in [3.05, 3.63) is 34.4 Å². The monoisotopic (exact) mass is 208 g/mol. The van der Waals surface area contributed by atoms with Crippen molar-refractivity contribution in [1.29, 1.82) is 0 Å². The molecule has 1 aromatic rings. The van der Waals surface area contributed by atoms with E-state index in [9.17, 15) is 17.6 Å². The summed E-state index contributed by atoms with van der Waals surface area (Å²) < 4.78 is 50.2. The number of rotatable bonds is 0. The standard InChI is InChI=1S/C8H6F4.C2H6/c1-3-4(2)6(10)8(12)7(11)5(3)9;1-2/h1-2H3;1-2H3. The van der Waals surface area contributed by atoms with E-state index < -0.39 is 23.3 Å². The summed E-state index contributed by atoms with van der Waals surface area (Å²) in [5.74, 6) is -6.16. The van der Waals surface area contributed by atoms with Crippen LogP contribution in [0.5, 0.6) is 0 Å². The van der Waals surface area contributed by atoms with Gasteiger partial charge >= 0.3 is 0 Å². The van der Waals surface area contributed by atoms with Crippen molar-refractivity contribution in [2.24, 2.45) is 0 Å². The van der Waals surface area contributed by atoms with Crippen molar-refractivity contribution in [3.8, 4) is 0 Å². The van der Waals surface area contributed by atoms with Crippen LogP contribution in [0.15, 0.2) is 0 Å². The summed E-state index contributed by atoms with van der Waals surface area (Å²) in [5.41, 5.74) is -0.405. The lowest BCUT2D eigenvalue weighted by molar-refractivity contribution is 0.402. The van der Waals surface area contributed by atoms with Crippen LogP contribution in [0.2, 0.25) is 0 Å². The second-order valence-corrected chi connectivity index (χ2v) is 2.51. The van der Waals surface area contributed by atoms with E-state index in [2.05, 4.69) is 0 Å². The first-order valence-corrected chi connectivity index (χ1v) is 4.26. The maximum atomic E-state index is 12.7. The van der Waals surface area contributed by atoms with Gasteiger partial charge < -0.3 is 0 Å². The Morgan fingerprint density at radius 1 is 0.571 bits per heavy atom. The Hall–Kier alpha value is -1.06. The maximum absolute atomic E-state index is 12.7. The molecule has 0 aliphatic heterocycles. The number of hydrogen-bond donors (Lipinski definition) is 0. The second-order valence-electron chi connectivity index (χ2n) is 2.51. The SMILES string of the molecule is CC.Cc1c(C)c(F)c(F)c(F)c1F. The van der Waals surface area contributed by atoms with Crippen LogP contribution in [-0.2, 0) is 0 Å². The third-order valence-electron chi connectivity index (χ3n) is 1.80. The van der Waals surface area contributed by atoms with Crippen molar-refractivity contribution in [2.75, 3.05) is 0 Å². The lowest BCUT2D eigenvalue weighted by Gasteiger charge is -2.05. The first-order chi connectivity index (χ1) is 6.46. The topological polar surface area (TPSA) is 0 Å². The van der Waals surface area contributed by atoms with Crippen LogP contribution in [0.4, 0.5) is 17.6 Å². The number of benzene rings is 1. The summed E-state index contributed by atoms with van der Waals surface area (Å²) in [7, 11) is 0. The van der Waals surface area contributed by atoms with Gasteiger partial charge in [0.2, 0.25) is 0 Å². The van der Waals surface area contributed by atoms with Crippen LogP contribution in [0.25, 0.3) is 0 Å². The van der Waals surface area contributed by atoms with E-state index in [1.807, 2.05) is 13.8 Å². The highest BCUT2D eigenvalue weighted by molar-refractivity contribution is 5.29. The molecule has 0 fully saturated rings. The van der Waals surface area contributed by atoms with Gasteiger partial charge in [0.15, 0.2) is 23.3 Å². The predicted molar refractivity (Wildman–Crippen MR) is 47.1 cm³/mol. The third-order valence-corrected chi connectivity index (χ3v) is 1.80. The molecule has 0 aliphatic carbocycles. The Morgan fingerprint density at radius 2 is 0.786 bits per heavy atom. The Kier molecular flexibility index (Phi) is 4.60. The van der Waals surface area contributed by atoms with Gasteiger partial charge in [-0.2, -0.15) is 0 Å². The lowest BCUT2D eigenvalue weighted by atomic mass is 10.1. The van der Waals surface area contributed by atoms with Crippen LogP contribution in [0.3, 0.4) is 0 Å². The van der Waals surface area contributed by atoms with E-state index in [1.165, 1.54) is 13.8 Å². The first-order valence-electron chi connectivity index (χ1n) is 4.26. The van der Waals surface area contributed by atoms with Gasteiger partial charge in [-0.25, -0.2) is 17.6 Å². The van der Waals surface area contributed by atoms with Gasteiger partial charge in [0.05, 0.1) is 0 Å². The van der Waals surface area contributed by atoms with Gasteiger partial charge in [0.1, 0.15) is 0 Å². The smallest absolute Gasteiger partial charge is 0.197 e. The summed E-state index contributed by atoms with van der Waals surface area (Å²) in [6, 6.07) is 0. The molecular weight excluding hydrogens is 196 g/mol. The van der Waals surface area contributed by atoms with E-state index in [1.54, 1.807) is 0 Å². The molecule has 1 aromatic carbocycles. The minimum atomic E-state index is -1.75. The van der Waals surface area contributed by atoms with Crippen LogP contribution in [-0.4, -0.2) is 0 Å². The average molecular weight is 208 g/mol. The van der Waals surface area contributed by atoms with Crippen molar-refractivity contribution in [1.82, 2.24) is 0 Å². The highest BCUT2D eigenvalue weighted by Gasteiger charge is 2.19. The van der Waals surface area contributed by atoms with Crippen LogP contribution in [0.1, 0.15) is 25.0 Å². The molecule has 4 heteroatoms. The molecule has 0 aliphatic rings. The van der Waals surface area contributed by atoms with Crippen molar-refractivity contribution in [3.63, 3.8) is 0 Å². The molecule has 0 saturated carbocycles. The van der Waals surface area contributed by atoms with Gasteiger partial charge in [0, 0.05) is 0 Å². The molecule has 1 rings (SSSR count). The predicted octanol–water partition coefficient (Wildman–Crippen LogP) is 3.89. The second kappa shape index (κ2) is 4.98. The molecule has 0 radical (unpaired) electrons. The van der Waals surface area contributed by atoms with Gasteiger partial charge in [-0.1, -0.05) is 13.8 Å².